The van der Waals surface area contributed by atoms with E-state index in [0.717, 1.165) is 30.8 Å². The largest absolute Gasteiger partial charge is 0.497 e. The Morgan fingerprint density at radius 3 is 2.48 bits per heavy atom. The van der Waals surface area contributed by atoms with Gasteiger partial charge in [0.2, 0.25) is 0 Å². The highest BCUT2D eigenvalue weighted by Crippen LogP contribution is 2.24. The van der Waals surface area contributed by atoms with Crippen molar-refractivity contribution in [3.63, 3.8) is 0 Å². The van der Waals surface area contributed by atoms with E-state index in [-0.39, 0.29) is 5.54 Å². The van der Waals surface area contributed by atoms with E-state index in [0.29, 0.717) is 6.04 Å². The summed E-state index contributed by atoms with van der Waals surface area (Å²) in [5.74, 6) is 1.91. The molecule has 0 spiro atoms. The molecule has 1 aromatic carbocycles. The Morgan fingerprint density at radius 1 is 1.33 bits per heavy atom. The maximum absolute atomic E-state index is 9.47. The minimum absolute atomic E-state index is 0.332. The second-order valence-electron chi connectivity index (χ2n) is 5.47. The number of ether oxygens (including phenoxy) is 1. The van der Waals surface area contributed by atoms with Gasteiger partial charge >= 0.3 is 0 Å². The summed E-state index contributed by atoms with van der Waals surface area (Å²) >= 11 is 1.83. The molecule has 21 heavy (non-hydrogen) atoms. The van der Waals surface area contributed by atoms with Crippen LogP contribution in [0.5, 0.6) is 5.75 Å². The maximum atomic E-state index is 9.47. The number of nitriles is 1. The van der Waals surface area contributed by atoms with E-state index in [1.54, 1.807) is 7.11 Å². The molecule has 0 aliphatic carbocycles. The molecular formula is C17H26N2OS. The van der Waals surface area contributed by atoms with Crippen LogP contribution < -0.4 is 10.1 Å². The SMILES string of the molecule is CCC(C#N)(CCCSc1ccc(OC)cc1)NC(C)C. The molecule has 0 fully saturated rings. The van der Waals surface area contributed by atoms with Crippen LogP contribution in [0, 0.1) is 11.3 Å². The lowest BCUT2D eigenvalue weighted by Gasteiger charge is -2.29. The molecule has 0 amide bonds. The van der Waals surface area contributed by atoms with Gasteiger partial charge in [0.15, 0.2) is 0 Å². The molecule has 1 rings (SSSR count). The highest BCUT2D eigenvalue weighted by atomic mass is 32.2. The minimum Gasteiger partial charge on any atom is -0.497 e. The summed E-state index contributed by atoms with van der Waals surface area (Å²) in [6.45, 7) is 6.26. The molecule has 3 nitrogen and oxygen atoms in total. The van der Waals surface area contributed by atoms with Gasteiger partial charge in [-0.05, 0) is 63.1 Å². The van der Waals surface area contributed by atoms with E-state index in [9.17, 15) is 5.26 Å². The molecule has 0 aliphatic heterocycles. The Morgan fingerprint density at radius 2 is 2.00 bits per heavy atom. The third kappa shape index (κ3) is 5.99. The zero-order valence-corrected chi connectivity index (χ0v) is 14.3. The van der Waals surface area contributed by atoms with E-state index in [2.05, 4.69) is 44.3 Å². The Kier molecular flexibility index (Phi) is 7.63. The van der Waals surface area contributed by atoms with Gasteiger partial charge in [-0.25, -0.2) is 0 Å². The zero-order chi connectivity index (χ0) is 15.7. The molecule has 0 aromatic heterocycles. The molecule has 1 aromatic rings. The Bertz CT molecular complexity index is 453. The Labute approximate surface area is 133 Å². The third-order valence-corrected chi connectivity index (χ3v) is 4.56. The van der Waals surface area contributed by atoms with Crippen molar-refractivity contribution < 1.29 is 4.74 Å². The normalized spacial score (nSPS) is 13.7. The topological polar surface area (TPSA) is 45.0 Å². The lowest BCUT2D eigenvalue weighted by atomic mass is 9.91. The van der Waals surface area contributed by atoms with Gasteiger partial charge in [0.05, 0.1) is 13.2 Å². The highest BCUT2D eigenvalue weighted by Gasteiger charge is 2.27. The molecular weight excluding hydrogens is 280 g/mol. The van der Waals surface area contributed by atoms with E-state index in [1.165, 1.54) is 4.90 Å². The number of rotatable bonds is 9. The van der Waals surface area contributed by atoms with Crippen molar-refractivity contribution in [1.29, 1.82) is 5.26 Å². The van der Waals surface area contributed by atoms with Crippen molar-refractivity contribution in [2.45, 2.75) is 56.5 Å². The Balaban J connectivity index is 2.42. The fourth-order valence-corrected chi connectivity index (χ4v) is 3.16. The van der Waals surface area contributed by atoms with Crippen LogP contribution in [0.25, 0.3) is 0 Å². The molecule has 0 aliphatic rings. The molecule has 116 valence electrons. The lowest BCUT2D eigenvalue weighted by molar-refractivity contribution is 0.341. The van der Waals surface area contributed by atoms with Crippen LogP contribution in [-0.4, -0.2) is 24.4 Å². The lowest BCUT2D eigenvalue weighted by Crippen LogP contribution is -2.47. The number of nitrogens with zero attached hydrogens (tertiary/aromatic N) is 1. The van der Waals surface area contributed by atoms with Crippen LogP contribution in [-0.2, 0) is 0 Å². The molecule has 0 bridgehead atoms. The highest BCUT2D eigenvalue weighted by molar-refractivity contribution is 7.99. The summed E-state index contributed by atoms with van der Waals surface area (Å²) in [4.78, 5) is 1.24. The summed E-state index contributed by atoms with van der Waals surface area (Å²) in [7, 11) is 1.68. The maximum Gasteiger partial charge on any atom is 0.118 e. The van der Waals surface area contributed by atoms with Gasteiger partial charge in [0, 0.05) is 10.9 Å². The van der Waals surface area contributed by atoms with Crippen LogP contribution >= 0.6 is 11.8 Å². The van der Waals surface area contributed by atoms with Gasteiger partial charge in [0.25, 0.3) is 0 Å². The average Bonchev–Trinajstić information content (AvgIpc) is 2.50. The second-order valence-corrected chi connectivity index (χ2v) is 6.64. The fraction of sp³-hybridized carbons (Fsp3) is 0.588. The van der Waals surface area contributed by atoms with Crippen LogP contribution in [0.3, 0.4) is 0 Å². The molecule has 0 saturated heterocycles. The van der Waals surface area contributed by atoms with Gasteiger partial charge in [-0.15, -0.1) is 11.8 Å². The molecule has 0 heterocycles. The van der Waals surface area contributed by atoms with Crippen molar-refractivity contribution in [2.24, 2.45) is 0 Å². The summed E-state index contributed by atoms with van der Waals surface area (Å²) in [6.07, 6.45) is 2.76. The summed E-state index contributed by atoms with van der Waals surface area (Å²) in [5, 5.41) is 12.9. The van der Waals surface area contributed by atoms with E-state index in [1.807, 2.05) is 23.9 Å². The smallest absolute Gasteiger partial charge is 0.118 e. The molecule has 4 heteroatoms. The first-order valence-corrected chi connectivity index (χ1v) is 8.49. The molecule has 1 unspecified atom stereocenters. The summed E-state index contributed by atoms with van der Waals surface area (Å²) in [6, 6.07) is 10.9. The predicted octanol–water partition coefficient (Wildman–Crippen LogP) is 4.24. The summed E-state index contributed by atoms with van der Waals surface area (Å²) in [5.41, 5.74) is -0.380. The van der Waals surface area contributed by atoms with Gasteiger partial charge < -0.3 is 4.74 Å². The van der Waals surface area contributed by atoms with E-state index < -0.39 is 0 Å². The third-order valence-electron chi connectivity index (χ3n) is 3.46. The standard InChI is InChI=1S/C17H26N2OS/c1-5-17(13-18,19-14(2)3)11-6-12-21-16-9-7-15(20-4)8-10-16/h7-10,14,19H,5-6,11-12H2,1-4H3. The number of hydrogen-bond donors (Lipinski definition) is 1. The van der Waals surface area contributed by atoms with Crippen molar-refractivity contribution >= 4 is 11.8 Å². The van der Waals surface area contributed by atoms with Crippen LogP contribution in [0.2, 0.25) is 0 Å². The first-order valence-electron chi connectivity index (χ1n) is 7.51. The van der Waals surface area contributed by atoms with Gasteiger partial charge in [-0.3, -0.25) is 5.32 Å². The van der Waals surface area contributed by atoms with Gasteiger partial charge in [-0.2, -0.15) is 5.26 Å². The van der Waals surface area contributed by atoms with Crippen LogP contribution in [0.4, 0.5) is 0 Å². The average molecular weight is 306 g/mol. The van der Waals surface area contributed by atoms with Gasteiger partial charge in [0.1, 0.15) is 11.3 Å². The Hall–Kier alpha value is -1.18. The van der Waals surface area contributed by atoms with Crippen LogP contribution in [0.1, 0.15) is 40.0 Å². The zero-order valence-electron chi connectivity index (χ0n) is 13.5. The number of thioether (sulfide) groups is 1. The molecule has 1 N–H and O–H groups in total. The molecule has 0 radical (unpaired) electrons. The second kappa shape index (κ2) is 8.96. The first-order chi connectivity index (χ1) is 10.0. The monoisotopic (exact) mass is 306 g/mol. The summed E-state index contributed by atoms with van der Waals surface area (Å²) < 4.78 is 5.15. The number of nitrogens with one attached hydrogen (secondary N) is 1. The van der Waals surface area contributed by atoms with Crippen molar-refractivity contribution in [3.05, 3.63) is 24.3 Å². The molecule has 1 atom stereocenters. The predicted molar refractivity (Wildman–Crippen MR) is 89.9 cm³/mol. The van der Waals surface area contributed by atoms with E-state index in [4.69, 9.17) is 4.74 Å². The van der Waals surface area contributed by atoms with Crippen molar-refractivity contribution in [2.75, 3.05) is 12.9 Å². The number of methoxy groups -OCH3 is 1. The number of hydrogen-bond acceptors (Lipinski definition) is 4. The van der Waals surface area contributed by atoms with E-state index >= 15 is 0 Å². The minimum atomic E-state index is -0.380. The fourth-order valence-electron chi connectivity index (χ4n) is 2.31. The van der Waals surface area contributed by atoms with Crippen molar-refractivity contribution in [3.8, 4) is 11.8 Å². The first kappa shape index (κ1) is 17.9. The van der Waals surface area contributed by atoms with Gasteiger partial charge in [-0.1, -0.05) is 6.92 Å². The quantitative estimate of drug-likeness (QED) is 0.547. The molecule has 0 saturated carbocycles. The number of benzene rings is 1. The van der Waals surface area contributed by atoms with Crippen LogP contribution in [0.15, 0.2) is 29.2 Å². The van der Waals surface area contributed by atoms with Crippen molar-refractivity contribution in [1.82, 2.24) is 5.32 Å².